The quantitative estimate of drug-likeness (QED) is 0.369. The maximum Gasteiger partial charge on any atom is 0.329 e. The minimum absolute atomic E-state index is 0.0694. The zero-order valence-corrected chi connectivity index (χ0v) is 20.1. The lowest BCUT2D eigenvalue weighted by molar-refractivity contribution is -0.128. The van der Waals surface area contributed by atoms with Gasteiger partial charge in [0.2, 0.25) is 11.8 Å². The molecule has 1 aliphatic heterocycles. The van der Waals surface area contributed by atoms with Crippen molar-refractivity contribution in [3.63, 3.8) is 0 Å². The normalized spacial score (nSPS) is 16.1. The summed E-state index contributed by atoms with van der Waals surface area (Å²) in [5.41, 5.74) is 2.32. The van der Waals surface area contributed by atoms with Crippen molar-refractivity contribution in [1.29, 1.82) is 0 Å². The van der Waals surface area contributed by atoms with Gasteiger partial charge < -0.3 is 9.64 Å². The standard InChI is InChI=1S/C24H23BrN6O3/c25-15-3-6-18-17(12-15)23(34-11-10-29-9-1-2-22(29)32)28-21(27-18)14-30-20-13-26-8-7-19(20)31(24(30)33)16-4-5-16/h3,6-8,12-13,16H,1-2,4-5,9-11,14H2. The molecule has 2 fully saturated rings. The highest BCUT2D eigenvalue weighted by Crippen LogP contribution is 2.36. The Morgan fingerprint density at radius 3 is 2.79 bits per heavy atom. The van der Waals surface area contributed by atoms with Crippen LogP contribution in [-0.2, 0) is 11.3 Å². The maximum atomic E-state index is 13.3. The smallest absolute Gasteiger partial charge is 0.329 e. The van der Waals surface area contributed by atoms with Crippen LogP contribution in [0.5, 0.6) is 5.88 Å². The predicted molar refractivity (Wildman–Crippen MR) is 130 cm³/mol. The molecule has 10 heteroatoms. The number of ether oxygens (including phenoxy) is 1. The van der Waals surface area contributed by atoms with E-state index in [4.69, 9.17) is 14.7 Å². The molecule has 4 heterocycles. The molecule has 1 saturated heterocycles. The molecule has 0 atom stereocenters. The molecule has 174 valence electrons. The molecule has 9 nitrogen and oxygen atoms in total. The predicted octanol–water partition coefficient (Wildman–Crippen LogP) is 3.29. The van der Waals surface area contributed by atoms with E-state index in [1.165, 1.54) is 0 Å². The first kappa shape index (κ1) is 21.3. The Hall–Kier alpha value is -3.27. The second-order valence-electron chi connectivity index (χ2n) is 8.77. The molecule has 0 N–H and O–H groups in total. The number of benzene rings is 1. The third-order valence-corrected chi connectivity index (χ3v) is 6.91. The summed E-state index contributed by atoms with van der Waals surface area (Å²) in [4.78, 5) is 40.7. The number of hydrogen-bond donors (Lipinski definition) is 0. The van der Waals surface area contributed by atoms with Gasteiger partial charge in [-0.05, 0) is 43.5 Å². The van der Waals surface area contributed by atoms with Crippen LogP contribution in [0.2, 0.25) is 0 Å². The third kappa shape index (κ3) is 3.85. The van der Waals surface area contributed by atoms with E-state index in [1.807, 2.05) is 33.7 Å². The first-order valence-electron chi connectivity index (χ1n) is 11.5. The van der Waals surface area contributed by atoms with Crippen LogP contribution in [0.4, 0.5) is 0 Å². The molecule has 1 amide bonds. The summed E-state index contributed by atoms with van der Waals surface area (Å²) < 4.78 is 10.5. The molecule has 0 spiro atoms. The minimum atomic E-state index is -0.0694. The van der Waals surface area contributed by atoms with E-state index in [-0.39, 0.29) is 24.2 Å². The van der Waals surface area contributed by atoms with Crippen molar-refractivity contribution >= 4 is 43.8 Å². The van der Waals surface area contributed by atoms with Crippen LogP contribution in [0, 0.1) is 0 Å². The summed E-state index contributed by atoms with van der Waals surface area (Å²) in [6, 6.07) is 7.88. The molecule has 0 bridgehead atoms. The number of hydrogen-bond acceptors (Lipinski definition) is 6. The van der Waals surface area contributed by atoms with Gasteiger partial charge in [0.25, 0.3) is 0 Å². The Morgan fingerprint density at radius 2 is 2.00 bits per heavy atom. The van der Waals surface area contributed by atoms with Crippen molar-refractivity contribution in [2.75, 3.05) is 19.7 Å². The molecule has 6 rings (SSSR count). The van der Waals surface area contributed by atoms with Crippen LogP contribution in [0.3, 0.4) is 0 Å². The monoisotopic (exact) mass is 522 g/mol. The van der Waals surface area contributed by atoms with Crippen molar-refractivity contribution in [3.05, 3.63) is 57.4 Å². The van der Waals surface area contributed by atoms with Crippen LogP contribution in [0.25, 0.3) is 21.9 Å². The van der Waals surface area contributed by atoms with Gasteiger partial charge in [0.15, 0.2) is 5.82 Å². The Balaban J connectivity index is 1.35. The van der Waals surface area contributed by atoms with E-state index < -0.39 is 0 Å². The van der Waals surface area contributed by atoms with Crippen LogP contribution in [0.1, 0.15) is 37.5 Å². The highest BCUT2D eigenvalue weighted by Gasteiger charge is 2.29. The minimum Gasteiger partial charge on any atom is -0.475 e. The number of aromatic nitrogens is 5. The van der Waals surface area contributed by atoms with Crippen LogP contribution in [-0.4, -0.2) is 54.6 Å². The fourth-order valence-electron chi connectivity index (χ4n) is 4.60. The SMILES string of the molecule is O=C1CCCN1CCOc1nc(Cn2c(=O)n(C3CC3)c3ccncc32)nc2ccc(Br)cc12. The highest BCUT2D eigenvalue weighted by molar-refractivity contribution is 9.10. The topological polar surface area (TPSA) is 95.1 Å². The Labute approximate surface area is 203 Å². The van der Waals surface area contributed by atoms with Gasteiger partial charge in [-0.2, -0.15) is 4.98 Å². The first-order chi connectivity index (χ1) is 16.6. The average Bonchev–Trinajstić information content (AvgIpc) is 3.53. The van der Waals surface area contributed by atoms with E-state index in [1.54, 1.807) is 17.0 Å². The number of likely N-dealkylation sites (tertiary alicyclic amines) is 1. The summed E-state index contributed by atoms with van der Waals surface area (Å²) in [7, 11) is 0. The number of amides is 1. The first-order valence-corrected chi connectivity index (χ1v) is 12.3. The molecule has 1 saturated carbocycles. The molecule has 4 aromatic rings. The number of nitrogens with zero attached hydrogens (tertiary/aromatic N) is 6. The van der Waals surface area contributed by atoms with E-state index in [9.17, 15) is 9.59 Å². The van der Waals surface area contributed by atoms with Gasteiger partial charge in [0.05, 0.1) is 41.2 Å². The molecular formula is C24H23BrN6O3. The Bertz CT molecular complexity index is 1480. The summed E-state index contributed by atoms with van der Waals surface area (Å²) in [6.07, 6.45) is 6.96. The highest BCUT2D eigenvalue weighted by atomic mass is 79.9. The largest absolute Gasteiger partial charge is 0.475 e. The fraction of sp³-hybridized carbons (Fsp3) is 0.375. The van der Waals surface area contributed by atoms with Gasteiger partial charge in [-0.1, -0.05) is 15.9 Å². The van der Waals surface area contributed by atoms with Gasteiger partial charge in [-0.3, -0.25) is 18.9 Å². The molecule has 34 heavy (non-hydrogen) atoms. The average molecular weight is 523 g/mol. The number of pyridine rings is 1. The van der Waals surface area contributed by atoms with Gasteiger partial charge in [0.1, 0.15) is 6.61 Å². The molecule has 1 aliphatic carbocycles. The van der Waals surface area contributed by atoms with Gasteiger partial charge in [0, 0.05) is 29.7 Å². The summed E-state index contributed by atoms with van der Waals surface area (Å²) in [6.45, 7) is 1.85. The zero-order valence-electron chi connectivity index (χ0n) is 18.5. The molecular weight excluding hydrogens is 500 g/mol. The van der Waals surface area contributed by atoms with E-state index in [0.29, 0.717) is 31.3 Å². The number of rotatable bonds is 7. The van der Waals surface area contributed by atoms with E-state index in [2.05, 4.69) is 20.9 Å². The van der Waals surface area contributed by atoms with Crippen molar-refractivity contribution < 1.29 is 9.53 Å². The number of fused-ring (bicyclic) bond motifs is 2. The van der Waals surface area contributed by atoms with E-state index >= 15 is 0 Å². The molecule has 0 radical (unpaired) electrons. The number of halogens is 1. The summed E-state index contributed by atoms with van der Waals surface area (Å²) in [5.74, 6) is 1.10. The molecule has 3 aromatic heterocycles. The van der Waals surface area contributed by atoms with Crippen LogP contribution < -0.4 is 10.4 Å². The third-order valence-electron chi connectivity index (χ3n) is 6.42. The van der Waals surface area contributed by atoms with Gasteiger partial charge >= 0.3 is 5.69 Å². The summed E-state index contributed by atoms with van der Waals surface area (Å²) >= 11 is 3.51. The molecule has 2 aliphatic rings. The second kappa shape index (κ2) is 8.50. The molecule has 0 unspecified atom stereocenters. The number of carbonyl (C=O) groups is 1. The number of imidazole rings is 1. The lowest BCUT2D eigenvalue weighted by Crippen LogP contribution is -2.29. The maximum absolute atomic E-state index is 13.3. The number of carbonyl (C=O) groups excluding carboxylic acids is 1. The second-order valence-corrected chi connectivity index (χ2v) is 9.69. The van der Waals surface area contributed by atoms with Crippen molar-refractivity contribution in [2.24, 2.45) is 0 Å². The van der Waals surface area contributed by atoms with Crippen molar-refractivity contribution in [2.45, 2.75) is 38.3 Å². The summed E-state index contributed by atoms with van der Waals surface area (Å²) in [5, 5.41) is 0.778. The fourth-order valence-corrected chi connectivity index (χ4v) is 4.96. The zero-order chi connectivity index (χ0) is 23.2. The van der Waals surface area contributed by atoms with Crippen molar-refractivity contribution in [1.82, 2.24) is 29.0 Å². The van der Waals surface area contributed by atoms with Crippen molar-refractivity contribution in [3.8, 4) is 5.88 Å². The molecule has 1 aromatic carbocycles. The Kier molecular flexibility index (Phi) is 5.32. The van der Waals surface area contributed by atoms with Gasteiger partial charge in [-0.15, -0.1) is 0 Å². The Morgan fingerprint density at radius 1 is 1.12 bits per heavy atom. The lowest BCUT2D eigenvalue weighted by Gasteiger charge is -2.16. The van der Waals surface area contributed by atoms with E-state index in [0.717, 1.165) is 52.2 Å². The lowest BCUT2D eigenvalue weighted by atomic mass is 10.2. The van der Waals surface area contributed by atoms with Crippen LogP contribution in [0.15, 0.2) is 45.9 Å². The van der Waals surface area contributed by atoms with Gasteiger partial charge in [-0.25, -0.2) is 9.78 Å². The van der Waals surface area contributed by atoms with Crippen LogP contribution >= 0.6 is 15.9 Å².